The number of carbonyl (C=O) groups is 1. The molecule has 0 spiro atoms. The van der Waals surface area contributed by atoms with E-state index in [1.807, 2.05) is 25.5 Å². The number of hydrogen-bond acceptors (Lipinski definition) is 2. The van der Waals surface area contributed by atoms with E-state index < -0.39 is 0 Å². The normalized spacial score (nSPS) is 10.3. The Morgan fingerprint density at radius 3 is 2.80 bits per heavy atom. The molecule has 84 valence electrons. The molecular formula is C11H19N3O. The highest BCUT2D eigenvalue weighted by Gasteiger charge is 2.00. The maximum atomic E-state index is 11.0. The lowest BCUT2D eigenvalue weighted by molar-refractivity contribution is -0.120. The number of rotatable bonds is 5. The van der Waals surface area contributed by atoms with Gasteiger partial charge in [-0.15, -0.1) is 0 Å². The summed E-state index contributed by atoms with van der Waals surface area (Å²) in [7, 11) is 0. The zero-order valence-corrected chi connectivity index (χ0v) is 9.71. The Balaban J connectivity index is 2.26. The second-order valence-corrected chi connectivity index (χ2v) is 3.71. The van der Waals surface area contributed by atoms with Gasteiger partial charge in [0.2, 0.25) is 5.91 Å². The second kappa shape index (κ2) is 5.53. The van der Waals surface area contributed by atoms with Crippen LogP contribution in [0.25, 0.3) is 0 Å². The zero-order chi connectivity index (χ0) is 11.3. The monoisotopic (exact) mass is 209 g/mol. The number of nitrogens with zero attached hydrogens (tertiary/aromatic N) is 2. The maximum absolute atomic E-state index is 11.0. The van der Waals surface area contributed by atoms with E-state index in [2.05, 4.69) is 16.5 Å². The maximum Gasteiger partial charge on any atom is 0.219 e. The Morgan fingerprint density at radius 1 is 1.53 bits per heavy atom. The molecule has 0 atom stereocenters. The fourth-order valence-electron chi connectivity index (χ4n) is 1.48. The highest BCUT2D eigenvalue weighted by molar-refractivity contribution is 5.75. The van der Waals surface area contributed by atoms with Gasteiger partial charge < -0.3 is 5.32 Å². The summed E-state index contributed by atoms with van der Waals surface area (Å²) in [5.41, 5.74) is 2.22. The van der Waals surface area contributed by atoms with Crippen molar-refractivity contribution in [2.24, 2.45) is 0 Å². The van der Waals surface area contributed by atoms with Crippen LogP contribution in [0.4, 0.5) is 0 Å². The van der Waals surface area contributed by atoms with E-state index in [1.165, 1.54) is 5.69 Å². The van der Waals surface area contributed by atoms with Crippen molar-refractivity contribution < 1.29 is 4.79 Å². The molecule has 0 aromatic carbocycles. The van der Waals surface area contributed by atoms with Crippen LogP contribution in [0.15, 0.2) is 6.07 Å². The Labute approximate surface area is 90.7 Å². The molecule has 0 saturated heterocycles. The van der Waals surface area contributed by atoms with Gasteiger partial charge in [0, 0.05) is 25.2 Å². The lowest BCUT2D eigenvalue weighted by Gasteiger charge is -2.05. The summed E-state index contributed by atoms with van der Waals surface area (Å²) in [4.78, 5) is 11.0. The smallest absolute Gasteiger partial charge is 0.219 e. The Hall–Kier alpha value is -1.32. The van der Waals surface area contributed by atoms with Crippen LogP contribution in [-0.2, 0) is 11.3 Å². The van der Waals surface area contributed by atoms with Gasteiger partial charge in [0.15, 0.2) is 0 Å². The average Bonchev–Trinajstić information content (AvgIpc) is 2.52. The van der Waals surface area contributed by atoms with Crippen molar-refractivity contribution in [3.8, 4) is 0 Å². The first kappa shape index (κ1) is 11.8. The molecule has 0 saturated carbocycles. The number of carbonyl (C=O) groups excluding carboxylic acids is 1. The Morgan fingerprint density at radius 2 is 2.27 bits per heavy atom. The molecule has 0 aliphatic heterocycles. The van der Waals surface area contributed by atoms with E-state index in [9.17, 15) is 4.79 Å². The van der Waals surface area contributed by atoms with Crippen molar-refractivity contribution >= 4 is 5.91 Å². The summed E-state index contributed by atoms with van der Waals surface area (Å²) in [5, 5.41) is 7.20. The molecule has 0 aliphatic carbocycles. The van der Waals surface area contributed by atoms with Crippen LogP contribution in [-0.4, -0.2) is 22.2 Å². The second-order valence-electron chi connectivity index (χ2n) is 3.71. The molecule has 0 bridgehead atoms. The van der Waals surface area contributed by atoms with Gasteiger partial charge in [-0.05, 0) is 26.3 Å². The summed E-state index contributed by atoms with van der Waals surface area (Å²) in [5.74, 6) is 0.114. The van der Waals surface area contributed by atoms with Crippen molar-refractivity contribution in [2.75, 3.05) is 6.54 Å². The van der Waals surface area contributed by atoms with Crippen LogP contribution >= 0.6 is 0 Å². The molecular weight excluding hydrogens is 190 g/mol. The summed E-state index contributed by atoms with van der Waals surface area (Å²) >= 11 is 0. The van der Waals surface area contributed by atoms with Crippen molar-refractivity contribution in [1.29, 1.82) is 0 Å². The molecule has 1 aromatic heterocycles. The van der Waals surface area contributed by atoms with E-state index >= 15 is 0 Å². The third-order valence-electron chi connectivity index (χ3n) is 2.29. The molecule has 1 N–H and O–H groups in total. The molecule has 4 heteroatoms. The molecule has 15 heavy (non-hydrogen) atoms. The van der Waals surface area contributed by atoms with E-state index in [-0.39, 0.29) is 5.91 Å². The van der Waals surface area contributed by atoms with Crippen LogP contribution in [0.1, 0.15) is 31.2 Å². The average molecular weight is 209 g/mol. The van der Waals surface area contributed by atoms with Crippen LogP contribution in [0.3, 0.4) is 0 Å². The third kappa shape index (κ3) is 3.73. The van der Waals surface area contributed by atoms with Crippen molar-refractivity contribution in [1.82, 2.24) is 15.1 Å². The van der Waals surface area contributed by atoms with Gasteiger partial charge in [-0.3, -0.25) is 9.48 Å². The topological polar surface area (TPSA) is 46.9 Å². The standard InChI is InChI=1S/C11H19N3O/c1-4-11(15)12-6-5-7-14-10(3)8-9(2)13-14/h8H,4-7H2,1-3H3,(H,12,15). The molecule has 1 amide bonds. The minimum absolute atomic E-state index is 0.114. The third-order valence-corrected chi connectivity index (χ3v) is 2.29. The molecule has 0 fully saturated rings. The summed E-state index contributed by atoms with van der Waals surface area (Å²) in [6.07, 6.45) is 1.48. The van der Waals surface area contributed by atoms with Crippen molar-refractivity contribution in [3.63, 3.8) is 0 Å². The van der Waals surface area contributed by atoms with Crippen molar-refractivity contribution in [3.05, 3.63) is 17.5 Å². The summed E-state index contributed by atoms with van der Waals surface area (Å²) in [6, 6.07) is 2.06. The SMILES string of the molecule is CCC(=O)NCCCn1nc(C)cc1C. The fraction of sp³-hybridized carbons (Fsp3) is 0.636. The largest absolute Gasteiger partial charge is 0.356 e. The zero-order valence-electron chi connectivity index (χ0n) is 9.71. The molecule has 0 radical (unpaired) electrons. The highest BCUT2D eigenvalue weighted by atomic mass is 16.1. The van der Waals surface area contributed by atoms with Gasteiger partial charge >= 0.3 is 0 Å². The quantitative estimate of drug-likeness (QED) is 0.745. The van der Waals surface area contributed by atoms with Crippen LogP contribution in [0.5, 0.6) is 0 Å². The number of nitrogens with one attached hydrogen (secondary N) is 1. The number of aryl methyl sites for hydroxylation is 3. The van der Waals surface area contributed by atoms with Gasteiger partial charge in [0.1, 0.15) is 0 Å². The van der Waals surface area contributed by atoms with Gasteiger partial charge in [-0.25, -0.2) is 0 Å². The molecule has 1 rings (SSSR count). The van der Waals surface area contributed by atoms with E-state index in [0.29, 0.717) is 6.42 Å². The minimum atomic E-state index is 0.114. The Kier molecular flexibility index (Phi) is 4.34. The van der Waals surface area contributed by atoms with Crippen LogP contribution < -0.4 is 5.32 Å². The molecule has 1 aromatic rings. The number of hydrogen-bond donors (Lipinski definition) is 1. The number of aromatic nitrogens is 2. The predicted octanol–water partition coefficient (Wildman–Crippen LogP) is 1.42. The Bertz CT molecular complexity index is 331. The van der Waals surface area contributed by atoms with Crippen LogP contribution in [0.2, 0.25) is 0 Å². The van der Waals surface area contributed by atoms with E-state index in [0.717, 1.165) is 25.2 Å². The van der Waals surface area contributed by atoms with E-state index in [4.69, 9.17) is 0 Å². The molecule has 0 unspecified atom stereocenters. The number of amides is 1. The first-order valence-electron chi connectivity index (χ1n) is 5.41. The van der Waals surface area contributed by atoms with Crippen LogP contribution in [0, 0.1) is 13.8 Å². The van der Waals surface area contributed by atoms with Gasteiger partial charge in [0.25, 0.3) is 0 Å². The van der Waals surface area contributed by atoms with Gasteiger partial charge in [-0.1, -0.05) is 6.92 Å². The predicted molar refractivity (Wildman–Crippen MR) is 59.6 cm³/mol. The first-order valence-corrected chi connectivity index (χ1v) is 5.41. The van der Waals surface area contributed by atoms with Gasteiger partial charge in [-0.2, -0.15) is 5.10 Å². The molecule has 0 aliphatic rings. The lowest BCUT2D eigenvalue weighted by atomic mass is 10.3. The van der Waals surface area contributed by atoms with E-state index in [1.54, 1.807) is 0 Å². The molecule has 1 heterocycles. The van der Waals surface area contributed by atoms with Crippen molar-refractivity contribution in [2.45, 2.75) is 40.2 Å². The molecule has 4 nitrogen and oxygen atoms in total. The first-order chi connectivity index (χ1) is 7.13. The summed E-state index contributed by atoms with van der Waals surface area (Å²) < 4.78 is 1.98. The summed E-state index contributed by atoms with van der Waals surface area (Å²) in [6.45, 7) is 7.48. The lowest BCUT2D eigenvalue weighted by Crippen LogP contribution is -2.24. The fourth-order valence-corrected chi connectivity index (χ4v) is 1.48. The minimum Gasteiger partial charge on any atom is -0.356 e. The van der Waals surface area contributed by atoms with Gasteiger partial charge in [0.05, 0.1) is 5.69 Å². The highest BCUT2D eigenvalue weighted by Crippen LogP contribution is 2.02.